The van der Waals surface area contributed by atoms with Crippen LogP contribution in [-0.4, -0.2) is 18.3 Å². The van der Waals surface area contributed by atoms with Crippen molar-refractivity contribution >= 4 is 56.0 Å². The van der Waals surface area contributed by atoms with Crippen LogP contribution in [-0.2, 0) is 0 Å². The van der Waals surface area contributed by atoms with E-state index in [9.17, 15) is 4.79 Å². The maximum Gasteiger partial charge on any atom is 0.252 e. The summed E-state index contributed by atoms with van der Waals surface area (Å²) < 4.78 is 1.83. The van der Waals surface area contributed by atoms with Crippen LogP contribution in [0.3, 0.4) is 0 Å². The van der Waals surface area contributed by atoms with Crippen LogP contribution in [0.2, 0.25) is 0 Å². The molecule has 1 rings (SSSR count). The van der Waals surface area contributed by atoms with Gasteiger partial charge in [0.1, 0.15) is 0 Å². The van der Waals surface area contributed by atoms with Gasteiger partial charge in [0.2, 0.25) is 0 Å². The van der Waals surface area contributed by atoms with Crippen molar-refractivity contribution in [3.05, 3.63) is 31.8 Å². The number of hydrogen-bond acceptors (Lipinski definition) is 1. The second kappa shape index (κ2) is 5.92. The summed E-state index contributed by atoms with van der Waals surface area (Å²) in [7, 11) is 0. The maximum absolute atomic E-state index is 11.6. The minimum atomic E-state index is -0.0867. The molecule has 0 aliphatic heterocycles. The highest BCUT2D eigenvalue weighted by atomic mass is 127. The number of carbonyl (C=O) groups is 1. The van der Waals surface area contributed by atoms with Gasteiger partial charge in [-0.25, -0.2) is 0 Å². The van der Waals surface area contributed by atoms with Gasteiger partial charge in [0.25, 0.3) is 5.91 Å². The lowest BCUT2D eigenvalue weighted by atomic mass is 10.2. The fourth-order valence-electron chi connectivity index (χ4n) is 0.928. The molecule has 1 N–H and O–H groups in total. The summed E-state index contributed by atoms with van der Waals surface area (Å²) in [5, 5.41) is 2.72. The average molecular weight is 388 g/mol. The first-order chi connectivity index (χ1) is 6.65. The van der Waals surface area contributed by atoms with E-state index in [0.717, 1.165) is 8.04 Å². The Morgan fingerprint density at radius 3 is 2.93 bits per heavy atom. The predicted octanol–water partition coefficient (Wildman–Crippen LogP) is 3.02. The minimum Gasteiger partial charge on any atom is -0.351 e. The smallest absolute Gasteiger partial charge is 0.252 e. The van der Waals surface area contributed by atoms with Gasteiger partial charge in [0, 0.05) is 20.5 Å². The Hall–Kier alpha value is 0.190. The first-order valence-electron chi connectivity index (χ1n) is 3.94. The molecule has 0 fully saturated rings. The van der Waals surface area contributed by atoms with E-state index in [4.69, 9.17) is 11.6 Å². The number of nitrogens with one attached hydrogen (secondary N) is 1. The molecule has 1 amide bonds. The van der Waals surface area contributed by atoms with E-state index in [0.29, 0.717) is 18.0 Å². The third-order valence-corrected chi connectivity index (χ3v) is 3.18. The van der Waals surface area contributed by atoms with Crippen molar-refractivity contribution in [1.29, 1.82) is 0 Å². The van der Waals surface area contributed by atoms with E-state index in [1.165, 1.54) is 0 Å². The topological polar surface area (TPSA) is 29.1 Å². The normalized spacial score (nSPS) is 9.93. The van der Waals surface area contributed by atoms with Gasteiger partial charge in [-0.3, -0.25) is 4.79 Å². The number of halogens is 3. The van der Waals surface area contributed by atoms with Gasteiger partial charge in [0.05, 0.1) is 5.56 Å². The number of alkyl halides is 1. The van der Waals surface area contributed by atoms with E-state index >= 15 is 0 Å². The first kappa shape index (κ1) is 12.3. The Labute approximate surface area is 110 Å². The lowest BCUT2D eigenvalue weighted by molar-refractivity contribution is 0.0955. The van der Waals surface area contributed by atoms with Gasteiger partial charge in [-0.1, -0.05) is 15.9 Å². The summed E-state index contributed by atoms with van der Waals surface area (Å²) in [4.78, 5) is 11.6. The zero-order chi connectivity index (χ0) is 10.6. The molecule has 0 saturated heterocycles. The van der Waals surface area contributed by atoms with Crippen molar-refractivity contribution in [3.8, 4) is 0 Å². The number of hydrogen-bond donors (Lipinski definition) is 1. The van der Waals surface area contributed by atoms with Gasteiger partial charge in [-0.05, 0) is 40.8 Å². The minimum absolute atomic E-state index is 0.0867. The second-order valence-corrected chi connectivity index (χ2v) is 5.02. The van der Waals surface area contributed by atoms with E-state index in [1.54, 1.807) is 6.07 Å². The molecule has 14 heavy (non-hydrogen) atoms. The fraction of sp³-hybridized carbons (Fsp3) is 0.222. The summed E-state index contributed by atoms with van der Waals surface area (Å²) in [6.07, 6.45) is 0. The Morgan fingerprint density at radius 1 is 1.57 bits per heavy atom. The molecule has 2 nitrogen and oxygen atoms in total. The van der Waals surface area contributed by atoms with Gasteiger partial charge < -0.3 is 5.32 Å². The molecule has 0 radical (unpaired) electrons. The number of carbonyl (C=O) groups excluding carboxylic acids is 1. The summed E-state index contributed by atoms with van der Waals surface area (Å²) in [5.41, 5.74) is 0.671. The predicted molar refractivity (Wildman–Crippen MR) is 69.9 cm³/mol. The van der Waals surface area contributed by atoms with E-state index in [2.05, 4.69) is 43.8 Å². The van der Waals surface area contributed by atoms with E-state index in [1.807, 2.05) is 12.1 Å². The molecule has 0 aliphatic rings. The van der Waals surface area contributed by atoms with Crippen LogP contribution in [0, 0.1) is 3.57 Å². The summed E-state index contributed by atoms with van der Waals surface area (Å²) >= 11 is 10.9. The van der Waals surface area contributed by atoms with Crippen molar-refractivity contribution < 1.29 is 4.79 Å². The van der Waals surface area contributed by atoms with Crippen LogP contribution in [0.4, 0.5) is 0 Å². The Balaban J connectivity index is 2.83. The van der Waals surface area contributed by atoms with E-state index < -0.39 is 0 Å². The Morgan fingerprint density at radius 2 is 2.29 bits per heavy atom. The molecule has 1 aromatic rings. The van der Waals surface area contributed by atoms with Gasteiger partial charge in [-0.2, -0.15) is 0 Å². The first-order valence-corrected chi connectivity index (χ1v) is 6.35. The Kier molecular flexibility index (Phi) is 5.19. The summed E-state index contributed by atoms with van der Waals surface area (Å²) in [6.45, 7) is 0.489. The quantitative estimate of drug-likeness (QED) is 0.626. The molecule has 5 heteroatoms. The van der Waals surface area contributed by atoms with Crippen molar-refractivity contribution in [3.63, 3.8) is 0 Å². The molecule has 1 aromatic carbocycles. The lowest BCUT2D eigenvalue weighted by Crippen LogP contribution is -2.26. The molecule has 0 bridgehead atoms. The highest BCUT2D eigenvalue weighted by Crippen LogP contribution is 2.18. The van der Waals surface area contributed by atoms with Crippen molar-refractivity contribution in [2.24, 2.45) is 0 Å². The van der Waals surface area contributed by atoms with Crippen molar-refractivity contribution in [2.75, 3.05) is 12.4 Å². The Bertz CT molecular complexity index is 346. The average Bonchev–Trinajstić information content (AvgIpc) is 2.18. The summed E-state index contributed by atoms with van der Waals surface area (Å²) in [5.74, 6) is 0.340. The largest absolute Gasteiger partial charge is 0.351 e. The zero-order valence-electron chi connectivity index (χ0n) is 7.19. The maximum atomic E-state index is 11.6. The summed E-state index contributed by atoms with van der Waals surface area (Å²) in [6, 6.07) is 5.59. The van der Waals surface area contributed by atoms with Crippen molar-refractivity contribution in [1.82, 2.24) is 5.32 Å². The molecular weight excluding hydrogens is 380 g/mol. The van der Waals surface area contributed by atoms with Gasteiger partial charge in [0.15, 0.2) is 0 Å². The highest BCUT2D eigenvalue weighted by Gasteiger charge is 2.09. The molecule has 0 heterocycles. The number of amides is 1. The van der Waals surface area contributed by atoms with Crippen molar-refractivity contribution in [2.45, 2.75) is 0 Å². The zero-order valence-corrected chi connectivity index (χ0v) is 11.7. The second-order valence-electron chi connectivity index (χ2n) is 2.57. The molecular formula is C9H8BrClINO. The van der Waals surface area contributed by atoms with Crippen LogP contribution in [0.1, 0.15) is 10.4 Å². The monoisotopic (exact) mass is 387 g/mol. The third-order valence-electron chi connectivity index (χ3n) is 1.55. The van der Waals surface area contributed by atoms with Crippen LogP contribution in [0.15, 0.2) is 22.7 Å². The number of rotatable bonds is 3. The standard InChI is InChI=1S/C9H8BrClINO/c10-6-1-2-8(12)7(5-6)9(14)13-4-3-11/h1-2,5H,3-4H2,(H,13,14). The number of benzene rings is 1. The molecule has 0 aromatic heterocycles. The molecule has 0 unspecified atom stereocenters. The van der Waals surface area contributed by atoms with Crippen LogP contribution < -0.4 is 5.32 Å². The molecule has 0 spiro atoms. The molecule has 76 valence electrons. The highest BCUT2D eigenvalue weighted by molar-refractivity contribution is 14.1. The van der Waals surface area contributed by atoms with Gasteiger partial charge >= 0.3 is 0 Å². The SMILES string of the molecule is O=C(NCCCl)c1cc(Br)ccc1I. The van der Waals surface area contributed by atoms with Crippen LogP contribution >= 0.6 is 50.1 Å². The third kappa shape index (κ3) is 3.40. The molecule has 0 aliphatic carbocycles. The fourth-order valence-corrected chi connectivity index (χ4v) is 1.96. The van der Waals surface area contributed by atoms with Crippen LogP contribution in [0.5, 0.6) is 0 Å². The van der Waals surface area contributed by atoms with Gasteiger partial charge in [-0.15, -0.1) is 11.6 Å². The molecule has 0 atom stereocenters. The van der Waals surface area contributed by atoms with E-state index in [-0.39, 0.29) is 5.91 Å². The molecule has 0 saturated carbocycles. The lowest BCUT2D eigenvalue weighted by Gasteiger charge is -2.05. The van der Waals surface area contributed by atoms with Crippen LogP contribution in [0.25, 0.3) is 0 Å².